The number of amides is 1. The fraction of sp³-hybridized carbons (Fsp3) is 0.400. The number of hydrogen-bond donors (Lipinski definition) is 1. The van der Waals surface area contributed by atoms with Crippen LogP contribution in [-0.2, 0) is 16.0 Å². The minimum atomic E-state index is -0.431. The number of aromatic nitrogens is 6. The summed E-state index contributed by atoms with van der Waals surface area (Å²) in [4.78, 5) is 16.5. The first-order valence-corrected chi connectivity index (χ1v) is 8.96. The molecule has 3 aromatic heterocycles. The maximum Gasteiger partial charge on any atom is 0.277 e. The number of anilines is 1. The molecule has 1 amide bonds. The van der Waals surface area contributed by atoms with Crippen LogP contribution in [0.4, 0.5) is 5.69 Å². The van der Waals surface area contributed by atoms with E-state index in [-0.39, 0.29) is 11.6 Å². The van der Waals surface area contributed by atoms with E-state index in [0.29, 0.717) is 30.6 Å². The summed E-state index contributed by atoms with van der Waals surface area (Å²) >= 11 is 1.45. The predicted octanol–water partition coefficient (Wildman–Crippen LogP) is 1.57. The monoisotopic (exact) mass is 377 g/mol. The number of nitrogens with zero attached hydrogens (tertiary/aromatic N) is 6. The highest BCUT2D eigenvalue weighted by Crippen LogP contribution is 2.14. The third-order valence-electron chi connectivity index (χ3n) is 3.27. The molecule has 0 bridgehead atoms. The number of thiazole rings is 1. The van der Waals surface area contributed by atoms with Gasteiger partial charge in [0, 0.05) is 24.8 Å². The van der Waals surface area contributed by atoms with E-state index in [2.05, 4.69) is 25.7 Å². The Morgan fingerprint density at radius 2 is 2.12 bits per heavy atom. The van der Waals surface area contributed by atoms with Gasteiger partial charge in [-0.05, 0) is 13.8 Å². The van der Waals surface area contributed by atoms with Crippen LogP contribution in [0.2, 0.25) is 0 Å². The Balaban J connectivity index is 1.61. The lowest BCUT2D eigenvalue weighted by molar-refractivity contribution is -0.145. The molecule has 0 atom stereocenters. The third-order valence-corrected chi connectivity index (χ3v) is 4.03. The van der Waals surface area contributed by atoms with Crippen LogP contribution >= 0.6 is 11.3 Å². The topological polar surface area (TPSA) is 109 Å². The van der Waals surface area contributed by atoms with Gasteiger partial charge >= 0.3 is 0 Å². The van der Waals surface area contributed by atoms with Crippen molar-refractivity contribution >= 4 is 22.9 Å². The van der Waals surface area contributed by atoms with E-state index in [9.17, 15) is 4.79 Å². The maximum atomic E-state index is 12.3. The molecule has 0 radical (unpaired) electrons. The first kappa shape index (κ1) is 18.2. The summed E-state index contributed by atoms with van der Waals surface area (Å²) in [6.07, 6.45) is 6.03. The van der Waals surface area contributed by atoms with E-state index in [0.717, 1.165) is 0 Å². The van der Waals surface area contributed by atoms with Crippen molar-refractivity contribution in [1.82, 2.24) is 29.8 Å². The van der Waals surface area contributed by atoms with Gasteiger partial charge in [0.25, 0.3) is 5.91 Å². The van der Waals surface area contributed by atoms with Crippen molar-refractivity contribution in [1.29, 1.82) is 0 Å². The van der Waals surface area contributed by atoms with Gasteiger partial charge in [-0.1, -0.05) is 5.21 Å². The lowest BCUT2D eigenvalue weighted by atomic mass is 10.4. The van der Waals surface area contributed by atoms with Crippen molar-refractivity contribution in [2.75, 3.05) is 18.5 Å². The van der Waals surface area contributed by atoms with E-state index in [1.807, 2.05) is 19.2 Å². The second kappa shape index (κ2) is 8.65. The molecule has 0 aliphatic rings. The van der Waals surface area contributed by atoms with E-state index in [4.69, 9.17) is 9.47 Å². The van der Waals surface area contributed by atoms with E-state index >= 15 is 0 Å². The van der Waals surface area contributed by atoms with Crippen molar-refractivity contribution in [3.63, 3.8) is 0 Å². The molecule has 138 valence electrons. The summed E-state index contributed by atoms with van der Waals surface area (Å²) in [6, 6.07) is 0. The molecule has 0 fully saturated rings. The average molecular weight is 377 g/mol. The summed E-state index contributed by atoms with van der Waals surface area (Å²) in [6.45, 7) is 5.17. The molecule has 1 N–H and O–H groups in total. The number of rotatable bonds is 9. The van der Waals surface area contributed by atoms with Crippen LogP contribution in [0.25, 0.3) is 5.13 Å². The molecule has 0 aliphatic heterocycles. The molecule has 26 heavy (non-hydrogen) atoms. The largest absolute Gasteiger partial charge is 0.351 e. The first-order valence-electron chi connectivity index (χ1n) is 8.08. The van der Waals surface area contributed by atoms with Gasteiger partial charge in [0.2, 0.25) is 5.13 Å². The quantitative estimate of drug-likeness (QED) is 0.564. The normalized spacial score (nSPS) is 11.2. The Labute approximate surface area is 153 Å². The molecule has 0 unspecified atom stereocenters. The Kier molecular flexibility index (Phi) is 6.04. The van der Waals surface area contributed by atoms with Crippen LogP contribution in [-0.4, -0.2) is 55.2 Å². The Hall–Kier alpha value is -2.63. The highest BCUT2D eigenvalue weighted by Gasteiger charge is 2.15. The van der Waals surface area contributed by atoms with Crippen LogP contribution in [0.3, 0.4) is 0 Å². The van der Waals surface area contributed by atoms with Gasteiger partial charge in [-0.3, -0.25) is 4.79 Å². The zero-order valence-electron chi connectivity index (χ0n) is 14.4. The molecule has 11 heteroatoms. The minimum absolute atomic E-state index is 0.193. The zero-order chi connectivity index (χ0) is 18.4. The Morgan fingerprint density at radius 3 is 2.81 bits per heavy atom. The van der Waals surface area contributed by atoms with Crippen molar-refractivity contribution in [3.8, 4) is 5.13 Å². The number of carbonyl (C=O) groups excluding carboxylic acids is 1. The van der Waals surface area contributed by atoms with E-state index in [1.165, 1.54) is 16.0 Å². The first-order chi connectivity index (χ1) is 12.7. The van der Waals surface area contributed by atoms with Crippen molar-refractivity contribution < 1.29 is 14.3 Å². The van der Waals surface area contributed by atoms with Crippen molar-refractivity contribution in [3.05, 3.63) is 35.9 Å². The van der Waals surface area contributed by atoms with Gasteiger partial charge in [0.15, 0.2) is 12.0 Å². The predicted molar refractivity (Wildman–Crippen MR) is 94.3 cm³/mol. The summed E-state index contributed by atoms with van der Waals surface area (Å²) in [5, 5.41) is 17.3. The van der Waals surface area contributed by atoms with Crippen molar-refractivity contribution in [2.24, 2.45) is 0 Å². The van der Waals surface area contributed by atoms with Crippen LogP contribution in [0, 0.1) is 0 Å². The average Bonchev–Trinajstić information content (AvgIpc) is 3.36. The van der Waals surface area contributed by atoms with Crippen LogP contribution < -0.4 is 5.32 Å². The molecule has 3 aromatic rings. The molecule has 0 aromatic carbocycles. The van der Waals surface area contributed by atoms with E-state index < -0.39 is 6.29 Å². The maximum absolute atomic E-state index is 12.3. The standard InChI is InChI=1S/C15H19N7O3S/c1-3-24-13(25-4-2)10-21-9-12(19-20-21)14(23)18-11-7-17-22(8-11)15-16-5-6-26-15/h5-9,13H,3-4,10H2,1-2H3,(H,18,23). The van der Waals surface area contributed by atoms with Gasteiger partial charge in [-0.2, -0.15) is 5.10 Å². The Morgan fingerprint density at radius 1 is 1.31 bits per heavy atom. The Bertz CT molecular complexity index is 824. The molecule has 10 nitrogen and oxygen atoms in total. The van der Waals surface area contributed by atoms with Crippen LogP contribution in [0.15, 0.2) is 30.2 Å². The molecule has 3 heterocycles. The van der Waals surface area contributed by atoms with Gasteiger partial charge < -0.3 is 14.8 Å². The van der Waals surface area contributed by atoms with Gasteiger partial charge in [-0.15, -0.1) is 16.4 Å². The van der Waals surface area contributed by atoms with Gasteiger partial charge in [0.05, 0.1) is 30.8 Å². The number of nitrogens with one attached hydrogen (secondary N) is 1. The fourth-order valence-electron chi connectivity index (χ4n) is 2.19. The molecular formula is C15H19N7O3S. The fourth-order valence-corrected chi connectivity index (χ4v) is 2.76. The summed E-state index contributed by atoms with van der Waals surface area (Å²) in [5.41, 5.74) is 0.736. The summed E-state index contributed by atoms with van der Waals surface area (Å²) in [7, 11) is 0. The van der Waals surface area contributed by atoms with Crippen molar-refractivity contribution in [2.45, 2.75) is 26.7 Å². The molecule has 0 aliphatic carbocycles. The number of carbonyl (C=O) groups is 1. The number of ether oxygens (including phenoxy) is 2. The smallest absolute Gasteiger partial charge is 0.277 e. The number of hydrogen-bond acceptors (Lipinski definition) is 8. The zero-order valence-corrected chi connectivity index (χ0v) is 15.2. The third kappa shape index (κ3) is 4.50. The van der Waals surface area contributed by atoms with Crippen LogP contribution in [0.1, 0.15) is 24.3 Å². The molecular weight excluding hydrogens is 358 g/mol. The highest BCUT2D eigenvalue weighted by molar-refractivity contribution is 7.12. The van der Waals surface area contributed by atoms with Gasteiger partial charge in [-0.25, -0.2) is 14.3 Å². The lowest BCUT2D eigenvalue weighted by Gasteiger charge is -2.16. The molecule has 0 saturated heterocycles. The van der Waals surface area contributed by atoms with Crippen LogP contribution in [0.5, 0.6) is 0 Å². The second-order valence-corrected chi connectivity index (χ2v) is 5.98. The molecule has 3 rings (SSSR count). The van der Waals surface area contributed by atoms with Gasteiger partial charge in [0.1, 0.15) is 0 Å². The second-order valence-electron chi connectivity index (χ2n) is 5.11. The summed E-state index contributed by atoms with van der Waals surface area (Å²) < 4.78 is 14.0. The summed E-state index contributed by atoms with van der Waals surface area (Å²) in [5.74, 6) is -0.376. The minimum Gasteiger partial charge on any atom is -0.351 e. The highest BCUT2D eigenvalue weighted by atomic mass is 32.1. The SMILES string of the molecule is CCOC(Cn1cc(C(=O)Nc2cnn(-c3nccs3)c2)nn1)OCC. The lowest BCUT2D eigenvalue weighted by Crippen LogP contribution is -2.24. The molecule has 0 spiro atoms. The molecule has 0 saturated carbocycles. The van der Waals surface area contributed by atoms with E-state index in [1.54, 1.807) is 29.5 Å².